The van der Waals surface area contributed by atoms with E-state index < -0.39 is 53.1 Å². The van der Waals surface area contributed by atoms with Crippen molar-refractivity contribution in [3.63, 3.8) is 0 Å². The van der Waals surface area contributed by atoms with Crippen molar-refractivity contribution < 1.29 is 35.7 Å². The van der Waals surface area contributed by atoms with Crippen molar-refractivity contribution in [2.75, 3.05) is 0 Å². The maximum Gasteiger partial charge on any atom is 0.0987 e. The second kappa shape index (κ2) is 9.97. The molecule has 4 fully saturated rings. The molecule has 4 aliphatic rings. The van der Waals surface area contributed by atoms with E-state index in [1.165, 1.54) is 0 Å². The highest BCUT2D eigenvalue weighted by Gasteiger charge is 2.74. The number of aliphatic hydroxyl groups excluding tert-OH is 5. The molecule has 8 unspecified atom stereocenters. The van der Waals surface area contributed by atoms with Gasteiger partial charge in [-0.25, -0.2) is 0 Å². The minimum Gasteiger partial charge on any atom is -0.393 e. The Hall–Kier alpha value is -0.280. The Balaban J connectivity index is 1.58. The zero-order valence-corrected chi connectivity index (χ0v) is 23.8. The van der Waals surface area contributed by atoms with Crippen LogP contribution in [0.2, 0.25) is 0 Å². The number of aliphatic hydroxyl groups is 7. The van der Waals surface area contributed by atoms with E-state index in [2.05, 4.69) is 27.7 Å². The summed E-state index contributed by atoms with van der Waals surface area (Å²) in [5.74, 6) is 0.0333. The molecule has 4 aliphatic carbocycles. The zero-order chi connectivity index (χ0) is 27.7. The van der Waals surface area contributed by atoms with Crippen LogP contribution in [0.25, 0.3) is 0 Å². The van der Waals surface area contributed by atoms with Gasteiger partial charge in [0.2, 0.25) is 0 Å². The molecular weight excluding hydrogens is 472 g/mol. The smallest absolute Gasteiger partial charge is 0.0987 e. The molecule has 4 saturated carbocycles. The van der Waals surface area contributed by atoms with E-state index in [4.69, 9.17) is 0 Å². The van der Waals surface area contributed by atoms with E-state index in [0.29, 0.717) is 19.3 Å². The first-order chi connectivity index (χ1) is 17.0. The van der Waals surface area contributed by atoms with Crippen LogP contribution in [0.4, 0.5) is 0 Å². The van der Waals surface area contributed by atoms with Crippen LogP contribution < -0.4 is 0 Å². The molecular formula is C30H54O7. The molecule has 216 valence electrons. The van der Waals surface area contributed by atoms with E-state index >= 15 is 0 Å². The third-order valence-electron chi connectivity index (χ3n) is 12.4. The average molecular weight is 527 g/mol. The van der Waals surface area contributed by atoms with Gasteiger partial charge in [-0.15, -0.1) is 0 Å². The molecule has 7 heteroatoms. The van der Waals surface area contributed by atoms with Crippen molar-refractivity contribution in [3.05, 3.63) is 0 Å². The Morgan fingerprint density at radius 2 is 1.51 bits per heavy atom. The Morgan fingerprint density at radius 1 is 0.865 bits per heavy atom. The van der Waals surface area contributed by atoms with E-state index in [-0.39, 0.29) is 47.8 Å². The lowest BCUT2D eigenvalue weighted by Gasteiger charge is -2.68. The Bertz CT molecular complexity index is 820. The number of rotatable bonds is 7. The second-order valence-electron chi connectivity index (χ2n) is 14.6. The molecule has 0 radical (unpaired) electrons. The van der Waals surface area contributed by atoms with Gasteiger partial charge in [0.15, 0.2) is 0 Å². The summed E-state index contributed by atoms with van der Waals surface area (Å²) >= 11 is 0. The fourth-order valence-electron chi connectivity index (χ4n) is 10.3. The molecule has 0 spiro atoms. The molecule has 0 amide bonds. The molecule has 7 nitrogen and oxygen atoms in total. The van der Waals surface area contributed by atoms with Crippen LogP contribution in [0.15, 0.2) is 0 Å². The van der Waals surface area contributed by atoms with Gasteiger partial charge >= 0.3 is 0 Å². The number of hydrogen-bond acceptors (Lipinski definition) is 7. The van der Waals surface area contributed by atoms with E-state index in [1.54, 1.807) is 6.92 Å². The summed E-state index contributed by atoms with van der Waals surface area (Å²) in [5.41, 5.74) is -3.76. The first-order valence-electron chi connectivity index (χ1n) is 14.9. The maximum absolute atomic E-state index is 12.4. The predicted molar refractivity (Wildman–Crippen MR) is 141 cm³/mol. The summed E-state index contributed by atoms with van der Waals surface area (Å²) in [5, 5.41) is 77.7. The van der Waals surface area contributed by atoms with Crippen molar-refractivity contribution in [1.29, 1.82) is 0 Å². The first kappa shape index (κ1) is 29.7. The first-order valence-corrected chi connectivity index (χ1v) is 14.9. The summed E-state index contributed by atoms with van der Waals surface area (Å²) in [7, 11) is 0. The molecule has 0 aromatic carbocycles. The standard InChI is InChI=1S/C30H54O7/c1-16(2)20(25(35)18(4)31)8-7-17(3)21-13-22(33)26-27(21,5)11-10-23-28(6)12-9-19(32)14-30(28,37)24(34)15-29(23,26)36/h16-26,31-37H,7-15H2,1-6H3/t17?,18?,19-,20?,21?,22-,23?,24+,25?,26?,27+,28+,29?,30-/m0/s1. The number of fused-ring (bicyclic) bond motifs is 5. The second-order valence-corrected chi connectivity index (χ2v) is 14.6. The van der Waals surface area contributed by atoms with Crippen LogP contribution in [-0.4, -0.2) is 77.5 Å². The molecule has 0 bridgehead atoms. The van der Waals surface area contributed by atoms with Crippen LogP contribution in [0.5, 0.6) is 0 Å². The fraction of sp³-hybridized carbons (Fsp3) is 1.00. The Labute approximate surface area is 223 Å². The summed E-state index contributed by atoms with van der Waals surface area (Å²) < 4.78 is 0. The van der Waals surface area contributed by atoms with E-state index in [1.807, 2.05) is 6.92 Å². The van der Waals surface area contributed by atoms with Crippen LogP contribution in [0.1, 0.15) is 99.3 Å². The van der Waals surface area contributed by atoms with Gasteiger partial charge in [0.25, 0.3) is 0 Å². The van der Waals surface area contributed by atoms with Crippen LogP contribution in [-0.2, 0) is 0 Å². The monoisotopic (exact) mass is 526 g/mol. The van der Waals surface area contributed by atoms with Gasteiger partial charge in [-0.05, 0) is 80.5 Å². The lowest BCUT2D eigenvalue weighted by molar-refractivity contribution is -0.315. The molecule has 0 aromatic heterocycles. The third-order valence-corrected chi connectivity index (χ3v) is 12.4. The van der Waals surface area contributed by atoms with Crippen molar-refractivity contribution in [2.24, 2.45) is 46.3 Å². The van der Waals surface area contributed by atoms with Gasteiger partial charge in [-0.3, -0.25) is 0 Å². The zero-order valence-electron chi connectivity index (χ0n) is 23.8. The fourth-order valence-corrected chi connectivity index (χ4v) is 10.3. The lowest BCUT2D eigenvalue weighted by Crippen LogP contribution is -2.75. The van der Waals surface area contributed by atoms with Crippen molar-refractivity contribution >= 4 is 0 Å². The van der Waals surface area contributed by atoms with E-state index in [9.17, 15) is 35.7 Å². The van der Waals surface area contributed by atoms with Crippen molar-refractivity contribution in [1.82, 2.24) is 0 Å². The lowest BCUT2D eigenvalue weighted by atomic mass is 9.40. The molecule has 4 rings (SSSR count). The highest BCUT2D eigenvalue weighted by atomic mass is 16.4. The van der Waals surface area contributed by atoms with Gasteiger partial charge in [0.05, 0.1) is 41.7 Å². The summed E-state index contributed by atoms with van der Waals surface area (Å²) in [6, 6.07) is 0. The summed E-state index contributed by atoms with van der Waals surface area (Å²) in [4.78, 5) is 0. The summed E-state index contributed by atoms with van der Waals surface area (Å²) in [6.45, 7) is 12.2. The topological polar surface area (TPSA) is 142 Å². The molecule has 37 heavy (non-hydrogen) atoms. The Morgan fingerprint density at radius 3 is 2.11 bits per heavy atom. The van der Waals surface area contributed by atoms with Crippen molar-refractivity contribution in [2.45, 2.75) is 141 Å². The Kier molecular flexibility index (Phi) is 8.00. The highest BCUT2D eigenvalue weighted by Crippen LogP contribution is 2.70. The normalized spacial score (nSPS) is 51.1. The minimum absolute atomic E-state index is 0.00919. The maximum atomic E-state index is 12.4. The quantitative estimate of drug-likeness (QED) is 0.270. The highest BCUT2D eigenvalue weighted by molar-refractivity contribution is 5.23. The van der Waals surface area contributed by atoms with Crippen molar-refractivity contribution in [3.8, 4) is 0 Å². The SMILES string of the molecule is CC(C)C(CCC(C)C1C[C@H](O)C2C3(O)C[C@@H](O)[C@@]4(O)C[C@@H](O)CC[C@]4(C)C3CC[C@]12C)C(O)C(C)O. The predicted octanol–water partition coefficient (Wildman–Crippen LogP) is 2.61. The van der Waals surface area contributed by atoms with E-state index in [0.717, 1.165) is 25.7 Å². The molecule has 0 saturated heterocycles. The van der Waals surface area contributed by atoms with Gasteiger partial charge in [-0.1, -0.05) is 41.0 Å². The molecule has 0 aromatic rings. The minimum atomic E-state index is -1.44. The van der Waals surface area contributed by atoms with Crippen LogP contribution in [0, 0.1) is 46.3 Å². The molecule has 0 heterocycles. The van der Waals surface area contributed by atoms with Crippen LogP contribution in [0.3, 0.4) is 0 Å². The molecule has 0 aliphatic heterocycles. The third kappa shape index (κ3) is 4.43. The average Bonchev–Trinajstić information content (AvgIpc) is 3.07. The number of hydrogen-bond donors (Lipinski definition) is 7. The molecule has 14 atom stereocenters. The largest absolute Gasteiger partial charge is 0.393 e. The van der Waals surface area contributed by atoms with Gasteiger partial charge in [-0.2, -0.15) is 0 Å². The van der Waals surface area contributed by atoms with Gasteiger partial charge < -0.3 is 35.7 Å². The van der Waals surface area contributed by atoms with Gasteiger partial charge in [0.1, 0.15) is 0 Å². The summed E-state index contributed by atoms with van der Waals surface area (Å²) in [6.07, 6.45) is 0.980. The van der Waals surface area contributed by atoms with Gasteiger partial charge in [0, 0.05) is 24.2 Å². The van der Waals surface area contributed by atoms with Crippen LogP contribution >= 0.6 is 0 Å². The molecule has 7 N–H and O–H groups in total.